The summed E-state index contributed by atoms with van der Waals surface area (Å²) in [4.78, 5) is 0. The fraction of sp³-hybridized carbons (Fsp3) is 0.133. The molecule has 0 bridgehead atoms. The van der Waals surface area contributed by atoms with Crippen molar-refractivity contribution in [3.05, 3.63) is 57.3 Å². The minimum absolute atomic E-state index is 0.0219. The van der Waals surface area contributed by atoms with Gasteiger partial charge in [0, 0.05) is 10.0 Å². The highest BCUT2D eigenvalue weighted by molar-refractivity contribution is 9.10. The van der Waals surface area contributed by atoms with Crippen LogP contribution in [0, 0.1) is 24.1 Å². The van der Waals surface area contributed by atoms with Crippen molar-refractivity contribution in [3.8, 4) is 11.8 Å². The smallest absolute Gasteiger partial charge is 0.145 e. The zero-order valence-electron chi connectivity index (χ0n) is 10.8. The Kier molecular flexibility index (Phi) is 4.26. The maximum absolute atomic E-state index is 13.6. The predicted octanol–water partition coefficient (Wildman–Crippen LogP) is 3.93. The fourth-order valence-corrected chi connectivity index (χ4v) is 2.45. The first-order valence-corrected chi connectivity index (χ1v) is 6.67. The highest BCUT2D eigenvalue weighted by atomic mass is 79.9. The van der Waals surface area contributed by atoms with E-state index in [-0.39, 0.29) is 6.61 Å². The molecule has 2 aromatic carbocycles. The Morgan fingerprint density at radius 3 is 2.75 bits per heavy atom. The quantitative estimate of drug-likeness (QED) is 0.865. The van der Waals surface area contributed by atoms with Crippen LogP contribution in [0.3, 0.4) is 0 Å². The summed E-state index contributed by atoms with van der Waals surface area (Å²) in [6.45, 7) is 1.88. The first-order valence-electron chi connectivity index (χ1n) is 5.88. The predicted molar refractivity (Wildman–Crippen MR) is 78.7 cm³/mol. The number of halogens is 2. The Morgan fingerprint density at radius 1 is 1.35 bits per heavy atom. The van der Waals surface area contributed by atoms with Gasteiger partial charge in [0.15, 0.2) is 0 Å². The zero-order valence-corrected chi connectivity index (χ0v) is 12.4. The topological polar surface area (TPSA) is 59.0 Å². The summed E-state index contributed by atoms with van der Waals surface area (Å²) >= 11 is 3.34. The number of hydrogen-bond donors (Lipinski definition) is 1. The van der Waals surface area contributed by atoms with E-state index in [2.05, 4.69) is 15.9 Å². The Bertz CT molecular complexity index is 672. The second-order valence-corrected chi connectivity index (χ2v) is 5.26. The van der Waals surface area contributed by atoms with Gasteiger partial charge in [-0.05, 0) is 42.8 Å². The molecule has 0 aliphatic carbocycles. The second-order valence-electron chi connectivity index (χ2n) is 4.35. The van der Waals surface area contributed by atoms with Gasteiger partial charge in [0.25, 0.3) is 0 Å². The van der Waals surface area contributed by atoms with Gasteiger partial charge in [-0.3, -0.25) is 0 Å². The van der Waals surface area contributed by atoms with Crippen LogP contribution in [0.15, 0.2) is 34.8 Å². The van der Waals surface area contributed by atoms with Crippen molar-refractivity contribution >= 4 is 21.6 Å². The van der Waals surface area contributed by atoms with Crippen LogP contribution in [0.4, 0.5) is 10.1 Å². The number of benzene rings is 2. The van der Waals surface area contributed by atoms with E-state index in [1.807, 2.05) is 19.1 Å². The number of nitrogen functional groups attached to an aromatic ring is 1. The molecular formula is C15H12BrFN2O. The molecule has 102 valence electrons. The summed E-state index contributed by atoms with van der Waals surface area (Å²) in [5, 5.41) is 8.82. The van der Waals surface area contributed by atoms with E-state index in [1.54, 1.807) is 6.07 Å². The van der Waals surface area contributed by atoms with Gasteiger partial charge in [0.05, 0.1) is 17.3 Å². The van der Waals surface area contributed by atoms with E-state index >= 15 is 0 Å². The molecule has 0 saturated carbocycles. The van der Waals surface area contributed by atoms with Crippen molar-refractivity contribution in [1.82, 2.24) is 0 Å². The number of ether oxygens (including phenoxy) is 1. The van der Waals surface area contributed by atoms with Crippen molar-refractivity contribution in [2.24, 2.45) is 0 Å². The lowest BCUT2D eigenvalue weighted by molar-refractivity contribution is 0.299. The molecular weight excluding hydrogens is 323 g/mol. The normalized spacial score (nSPS) is 10.1. The molecule has 0 unspecified atom stereocenters. The lowest BCUT2D eigenvalue weighted by atomic mass is 10.1. The number of anilines is 1. The Balaban J connectivity index is 2.24. The van der Waals surface area contributed by atoms with Crippen molar-refractivity contribution in [2.75, 3.05) is 5.73 Å². The highest BCUT2D eigenvalue weighted by Gasteiger charge is 2.09. The summed E-state index contributed by atoms with van der Waals surface area (Å²) in [7, 11) is 0. The Hall–Kier alpha value is -2.06. The van der Waals surface area contributed by atoms with Crippen molar-refractivity contribution in [1.29, 1.82) is 5.26 Å². The third-order valence-corrected chi connectivity index (χ3v) is 3.27. The van der Waals surface area contributed by atoms with Gasteiger partial charge >= 0.3 is 0 Å². The average Bonchev–Trinajstić information content (AvgIpc) is 2.39. The first-order chi connectivity index (χ1) is 9.51. The van der Waals surface area contributed by atoms with Crippen molar-refractivity contribution in [2.45, 2.75) is 13.5 Å². The van der Waals surface area contributed by atoms with Crippen molar-refractivity contribution < 1.29 is 9.13 Å². The molecule has 20 heavy (non-hydrogen) atoms. The van der Waals surface area contributed by atoms with Crippen LogP contribution in [0.2, 0.25) is 0 Å². The molecule has 0 spiro atoms. The summed E-state index contributed by atoms with van der Waals surface area (Å²) in [6, 6.07) is 9.72. The molecule has 0 aromatic heterocycles. The van der Waals surface area contributed by atoms with Crippen LogP contribution in [0.1, 0.15) is 16.7 Å². The molecule has 0 aliphatic heterocycles. The van der Waals surface area contributed by atoms with E-state index < -0.39 is 5.82 Å². The molecule has 2 N–H and O–H groups in total. The molecule has 0 amide bonds. The minimum atomic E-state index is -0.405. The van der Waals surface area contributed by atoms with Gasteiger partial charge < -0.3 is 10.5 Å². The standard InChI is InChI=1S/C15H12BrFN2O/c1-9-4-12(16)6-14(19)15(9)20-8-11-5-10(7-18)2-3-13(11)17/h2-6H,8,19H2,1H3. The summed E-state index contributed by atoms with van der Waals surface area (Å²) in [5.41, 5.74) is 7.93. The summed E-state index contributed by atoms with van der Waals surface area (Å²) in [6.07, 6.45) is 0. The van der Waals surface area contributed by atoms with Gasteiger partial charge in [-0.15, -0.1) is 0 Å². The van der Waals surface area contributed by atoms with Gasteiger partial charge in [0.2, 0.25) is 0 Å². The molecule has 0 radical (unpaired) electrons. The number of nitriles is 1. The number of hydrogen-bond acceptors (Lipinski definition) is 3. The number of nitrogens with two attached hydrogens (primary N) is 1. The summed E-state index contributed by atoms with van der Waals surface area (Å²) < 4.78 is 20.1. The lowest BCUT2D eigenvalue weighted by Gasteiger charge is -2.13. The van der Waals surface area contributed by atoms with Crippen LogP contribution in [-0.4, -0.2) is 0 Å². The van der Waals surface area contributed by atoms with Crippen LogP contribution in [-0.2, 0) is 6.61 Å². The third-order valence-electron chi connectivity index (χ3n) is 2.81. The Labute approximate surface area is 124 Å². The van der Waals surface area contributed by atoms with Crippen LogP contribution in [0.25, 0.3) is 0 Å². The van der Waals surface area contributed by atoms with Crippen LogP contribution < -0.4 is 10.5 Å². The van der Waals surface area contributed by atoms with E-state index in [4.69, 9.17) is 15.7 Å². The highest BCUT2D eigenvalue weighted by Crippen LogP contribution is 2.30. The van der Waals surface area contributed by atoms with E-state index in [0.717, 1.165) is 10.0 Å². The van der Waals surface area contributed by atoms with Crippen LogP contribution >= 0.6 is 15.9 Å². The number of rotatable bonds is 3. The maximum atomic E-state index is 13.6. The van der Waals surface area contributed by atoms with Gasteiger partial charge in [-0.1, -0.05) is 15.9 Å². The number of nitrogens with zero attached hydrogens (tertiary/aromatic N) is 1. The zero-order chi connectivity index (χ0) is 14.7. The minimum Gasteiger partial charge on any atom is -0.486 e. The summed E-state index contributed by atoms with van der Waals surface area (Å²) in [5.74, 6) is 0.118. The molecule has 0 fully saturated rings. The van der Waals surface area contributed by atoms with Crippen molar-refractivity contribution in [3.63, 3.8) is 0 Å². The first kappa shape index (κ1) is 14.4. The van der Waals surface area contributed by atoms with E-state index in [0.29, 0.717) is 22.6 Å². The molecule has 3 nitrogen and oxygen atoms in total. The molecule has 0 heterocycles. The molecule has 2 aromatic rings. The largest absolute Gasteiger partial charge is 0.486 e. The average molecular weight is 335 g/mol. The van der Waals surface area contributed by atoms with Gasteiger partial charge in [0.1, 0.15) is 18.2 Å². The van der Waals surface area contributed by atoms with E-state index in [1.165, 1.54) is 18.2 Å². The van der Waals surface area contributed by atoms with Gasteiger partial charge in [-0.2, -0.15) is 5.26 Å². The van der Waals surface area contributed by atoms with E-state index in [9.17, 15) is 4.39 Å². The Morgan fingerprint density at radius 2 is 2.10 bits per heavy atom. The SMILES string of the molecule is Cc1cc(Br)cc(N)c1OCc1cc(C#N)ccc1F. The fourth-order valence-electron chi connectivity index (χ4n) is 1.86. The maximum Gasteiger partial charge on any atom is 0.145 e. The lowest BCUT2D eigenvalue weighted by Crippen LogP contribution is -2.03. The molecule has 5 heteroatoms. The second kappa shape index (κ2) is 5.93. The molecule has 0 aliphatic rings. The monoisotopic (exact) mass is 334 g/mol. The molecule has 0 saturated heterocycles. The van der Waals surface area contributed by atoms with Crippen LogP contribution in [0.5, 0.6) is 5.75 Å². The molecule has 2 rings (SSSR count). The third kappa shape index (κ3) is 3.09. The van der Waals surface area contributed by atoms with Gasteiger partial charge in [-0.25, -0.2) is 4.39 Å². The number of aryl methyl sites for hydroxylation is 1. The molecule has 0 atom stereocenters.